The molecule has 0 saturated carbocycles. The maximum atomic E-state index is 12.8. The minimum absolute atomic E-state index is 0.00266. The molecule has 3 rings (SSSR count). The van der Waals surface area contributed by atoms with Gasteiger partial charge in [-0.15, -0.1) is 0 Å². The lowest BCUT2D eigenvalue weighted by molar-refractivity contribution is -0.116. The van der Waals surface area contributed by atoms with Gasteiger partial charge in [0.1, 0.15) is 4.90 Å². The highest BCUT2D eigenvalue weighted by Crippen LogP contribution is 2.33. The molecule has 2 aromatic rings. The zero-order valence-corrected chi connectivity index (χ0v) is 15.3. The number of fused-ring (bicyclic) bond motifs is 1. The van der Waals surface area contributed by atoms with Crippen LogP contribution in [0.3, 0.4) is 0 Å². The molecular weight excluding hydrogens is 370 g/mol. The van der Waals surface area contributed by atoms with Crippen molar-refractivity contribution < 1.29 is 13.2 Å². The number of hydrogen-bond donors (Lipinski definition) is 1. The molecule has 24 heavy (non-hydrogen) atoms. The molecular formula is C15H16ClN3O3S2. The predicted octanol–water partition coefficient (Wildman–Crippen LogP) is 2.89. The van der Waals surface area contributed by atoms with Gasteiger partial charge >= 0.3 is 0 Å². The zero-order valence-electron chi connectivity index (χ0n) is 13.0. The van der Waals surface area contributed by atoms with Crippen molar-refractivity contribution in [2.45, 2.75) is 30.7 Å². The zero-order chi connectivity index (χ0) is 17.3. The van der Waals surface area contributed by atoms with Gasteiger partial charge in [-0.2, -0.15) is 4.31 Å². The average Bonchev–Trinajstić information content (AvgIpc) is 2.95. The van der Waals surface area contributed by atoms with Gasteiger partial charge in [-0.25, -0.2) is 12.8 Å². The first-order chi connectivity index (χ1) is 11.4. The lowest BCUT2D eigenvalue weighted by atomic mass is 10.1. The Morgan fingerprint density at radius 1 is 1.38 bits per heavy atom. The molecule has 1 aromatic carbocycles. The first-order valence-electron chi connectivity index (χ1n) is 7.36. The number of halogens is 1. The molecule has 0 unspecified atom stereocenters. The molecule has 128 valence electrons. The lowest BCUT2D eigenvalue weighted by Gasteiger charge is -2.19. The van der Waals surface area contributed by atoms with Crippen LogP contribution in [0.15, 0.2) is 29.3 Å². The third-order valence-corrected chi connectivity index (χ3v) is 6.83. The van der Waals surface area contributed by atoms with E-state index in [1.807, 2.05) is 0 Å². The molecule has 0 radical (unpaired) electrons. The van der Waals surface area contributed by atoms with Crippen molar-refractivity contribution in [2.24, 2.45) is 0 Å². The van der Waals surface area contributed by atoms with Crippen molar-refractivity contribution >= 4 is 44.8 Å². The van der Waals surface area contributed by atoms with Crippen LogP contribution in [-0.2, 0) is 27.8 Å². The summed E-state index contributed by atoms with van der Waals surface area (Å²) in [6, 6.07) is 4.87. The number of amides is 1. The predicted molar refractivity (Wildman–Crippen MR) is 93.8 cm³/mol. The van der Waals surface area contributed by atoms with Crippen LogP contribution >= 0.6 is 23.1 Å². The van der Waals surface area contributed by atoms with Gasteiger partial charge in [-0.1, -0.05) is 11.6 Å². The molecule has 9 heteroatoms. The number of anilines is 1. The fourth-order valence-electron chi connectivity index (χ4n) is 2.56. The summed E-state index contributed by atoms with van der Waals surface area (Å²) < 4.78 is 30.9. The number of hydrogen-bond acceptors (Lipinski definition) is 5. The first kappa shape index (κ1) is 17.3. The van der Waals surface area contributed by atoms with Gasteiger partial charge in [0, 0.05) is 36.8 Å². The SMILES string of the molecule is CN(Cc1ccns1)S(=O)(=O)c1cc2c(cc1Cl)CCCC(=O)N2. The van der Waals surface area contributed by atoms with Gasteiger partial charge in [-0.05, 0) is 48.1 Å². The Morgan fingerprint density at radius 3 is 2.88 bits per heavy atom. The molecule has 1 aromatic heterocycles. The minimum Gasteiger partial charge on any atom is -0.326 e. The Kier molecular flexibility index (Phi) is 4.91. The van der Waals surface area contributed by atoms with Gasteiger partial charge in [0.05, 0.1) is 5.02 Å². The van der Waals surface area contributed by atoms with E-state index in [0.717, 1.165) is 10.4 Å². The van der Waals surface area contributed by atoms with Crippen molar-refractivity contribution in [1.29, 1.82) is 0 Å². The molecule has 0 fully saturated rings. The summed E-state index contributed by atoms with van der Waals surface area (Å²) in [6.45, 7) is 0.215. The highest BCUT2D eigenvalue weighted by Gasteiger charge is 2.26. The van der Waals surface area contributed by atoms with Gasteiger partial charge < -0.3 is 5.32 Å². The molecule has 0 saturated heterocycles. The van der Waals surface area contributed by atoms with Crippen molar-refractivity contribution in [1.82, 2.24) is 8.68 Å². The normalized spacial score (nSPS) is 15.0. The maximum Gasteiger partial charge on any atom is 0.244 e. The number of nitrogens with one attached hydrogen (secondary N) is 1. The summed E-state index contributed by atoms with van der Waals surface area (Å²) in [5.41, 5.74) is 1.38. The van der Waals surface area contributed by atoms with Crippen molar-refractivity contribution in [3.05, 3.63) is 39.9 Å². The fraction of sp³-hybridized carbons (Fsp3) is 0.333. The number of carbonyl (C=O) groups is 1. The number of carbonyl (C=O) groups excluding carboxylic acids is 1. The van der Waals surface area contributed by atoms with E-state index >= 15 is 0 Å². The van der Waals surface area contributed by atoms with Crippen LogP contribution in [0.1, 0.15) is 23.3 Å². The number of sulfonamides is 1. The highest BCUT2D eigenvalue weighted by atomic mass is 35.5. The standard InChI is InChI=1S/C15H16ClN3O3S2/c1-19(9-11-5-6-17-23-11)24(21,22)14-8-13-10(7-12(14)16)3-2-4-15(20)18-13/h5-8H,2-4,9H2,1H3,(H,18,20). The molecule has 0 spiro atoms. The van der Waals surface area contributed by atoms with Gasteiger partial charge in [-0.3, -0.25) is 4.79 Å². The third-order valence-electron chi connectivity index (χ3n) is 3.84. The van der Waals surface area contributed by atoms with Gasteiger partial charge in [0.25, 0.3) is 0 Å². The number of aryl methyl sites for hydroxylation is 1. The second-order valence-corrected chi connectivity index (χ2v) is 8.92. The van der Waals surface area contributed by atoms with Crippen LogP contribution in [0.2, 0.25) is 5.02 Å². The number of aromatic nitrogens is 1. The molecule has 1 amide bonds. The third kappa shape index (κ3) is 3.46. The fourth-order valence-corrected chi connectivity index (χ4v) is 4.97. The highest BCUT2D eigenvalue weighted by molar-refractivity contribution is 7.89. The number of rotatable bonds is 4. The van der Waals surface area contributed by atoms with E-state index < -0.39 is 10.0 Å². The summed E-state index contributed by atoms with van der Waals surface area (Å²) in [5.74, 6) is -0.113. The van der Waals surface area contributed by atoms with Gasteiger partial charge in [0.15, 0.2) is 0 Å². The summed E-state index contributed by atoms with van der Waals surface area (Å²) in [7, 11) is -2.28. The van der Waals surface area contributed by atoms with E-state index in [0.29, 0.717) is 24.9 Å². The Morgan fingerprint density at radius 2 is 2.17 bits per heavy atom. The van der Waals surface area contributed by atoms with Crippen LogP contribution in [-0.4, -0.2) is 30.1 Å². The van der Waals surface area contributed by atoms with Crippen molar-refractivity contribution in [2.75, 3.05) is 12.4 Å². The Balaban J connectivity index is 1.97. The molecule has 0 bridgehead atoms. The molecule has 2 heterocycles. The average molecular weight is 386 g/mol. The Hall–Kier alpha value is -1.48. The van der Waals surface area contributed by atoms with Gasteiger partial charge in [0.2, 0.25) is 15.9 Å². The second kappa shape index (κ2) is 6.79. The van der Waals surface area contributed by atoms with Crippen molar-refractivity contribution in [3.8, 4) is 0 Å². The van der Waals surface area contributed by atoms with E-state index in [-0.39, 0.29) is 22.4 Å². The maximum absolute atomic E-state index is 12.8. The van der Waals surface area contributed by atoms with Crippen molar-refractivity contribution in [3.63, 3.8) is 0 Å². The molecule has 0 aliphatic carbocycles. The molecule has 6 nitrogen and oxygen atoms in total. The topological polar surface area (TPSA) is 79.4 Å². The summed E-state index contributed by atoms with van der Waals surface area (Å²) in [4.78, 5) is 12.6. The van der Waals surface area contributed by atoms with E-state index in [9.17, 15) is 13.2 Å². The quantitative estimate of drug-likeness (QED) is 0.877. The van der Waals surface area contributed by atoms with Crippen LogP contribution in [0.4, 0.5) is 5.69 Å². The van der Waals surface area contributed by atoms with E-state index in [1.165, 1.54) is 29.0 Å². The largest absolute Gasteiger partial charge is 0.326 e. The lowest BCUT2D eigenvalue weighted by Crippen LogP contribution is -2.26. The Bertz CT molecular complexity index is 866. The smallest absolute Gasteiger partial charge is 0.244 e. The monoisotopic (exact) mass is 385 g/mol. The number of nitrogens with zero attached hydrogens (tertiary/aromatic N) is 2. The number of benzene rings is 1. The van der Waals surface area contributed by atoms with E-state index in [1.54, 1.807) is 18.3 Å². The second-order valence-electron chi connectivity index (χ2n) is 5.58. The summed E-state index contributed by atoms with van der Waals surface area (Å²) in [6.07, 6.45) is 3.45. The first-order valence-corrected chi connectivity index (χ1v) is 9.95. The van der Waals surface area contributed by atoms with Crippen LogP contribution in [0.5, 0.6) is 0 Å². The molecule has 0 atom stereocenters. The van der Waals surface area contributed by atoms with E-state index in [4.69, 9.17) is 11.6 Å². The summed E-state index contributed by atoms with van der Waals surface area (Å²) in [5, 5.41) is 2.93. The van der Waals surface area contributed by atoms with Crippen LogP contribution < -0.4 is 5.32 Å². The van der Waals surface area contributed by atoms with E-state index in [2.05, 4.69) is 9.69 Å². The summed E-state index contributed by atoms with van der Waals surface area (Å²) >= 11 is 7.48. The Labute approximate surface area is 149 Å². The minimum atomic E-state index is -3.78. The van der Waals surface area contributed by atoms with Crippen LogP contribution in [0, 0.1) is 0 Å². The van der Waals surface area contributed by atoms with Crippen LogP contribution in [0.25, 0.3) is 0 Å². The molecule has 1 aliphatic heterocycles. The molecule has 1 N–H and O–H groups in total. The molecule has 1 aliphatic rings.